The molecule has 0 bridgehead atoms. The van der Waals surface area contributed by atoms with Crippen molar-refractivity contribution < 1.29 is 18.1 Å². The zero-order valence-electron chi connectivity index (χ0n) is 11.2. The molecule has 116 valence electrons. The molecule has 0 aliphatic rings. The van der Waals surface area contributed by atoms with Crippen molar-refractivity contribution in [3.8, 4) is 0 Å². The van der Waals surface area contributed by atoms with Crippen LogP contribution in [0.3, 0.4) is 0 Å². The highest BCUT2D eigenvalue weighted by molar-refractivity contribution is 7.89. The number of primary sulfonamides is 1. The van der Waals surface area contributed by atoms with Crippen LogP contribution in [0.4, 0.5) is 11.5 Å². The van der Waals surface area contributed by atoms with E-state index >= 15 is 0 Å². The molecular formula is C10H15N5O5S. The number of amides is 1. The van der Waals surface area contributed by atoms with E-state index in [9.17, 15) is 23.3 Å². The van der Waals surface area contributed by atoms with E-state index < -0.39 is 26.5 Å². The van der Waals surface area contributed by atoms with Crippen molar-refractivity contribution in [2.75, 3.05) is 24.7 Å². The average Bonchev–Trinajstić information content (AvgIpc) is 2.41. The Bertz CT molecular complexity index is 645. The average molecular weight is 317 g/mol. The molecule has 1 rings (SSSR count). The summed E-state index contributed by atoms with van der Waals surface area (Å²) in [6, 6.07) is 1.24. The van der Waals surface area contributed by atoms with E-state index in [4.69, 9.17) is 5.14 Å². The van der Waals surface area contributed by atoms with E-state index in [1.54, 1.807) is 7.05 Å². The second-order valence-electron chi connectivity index (χ2n) is 4.07. The minimum Gasteiger partial charge on any atom is -0.373 e. The van der Waals surface area contributed by atoms with E-state index in [1.807, 2.05) is 0 Å². The van der Waals surface area contributed by atoms with Gasteiger partial charge in [0.2, 0.25) is 10.0 Å². The number of aromatic nitrogens is 1. The lowest BCUT2D eigenvalue weighted by atomic mass is 10.2. The van der Waals surface area contributed by atoms with Crippen LogP contribution in [0.1, 0.15) is 16.8 Å². The smallest absolute Gasteiger partial charge is 0.300 e. The zero-order chi connectivity index (χ0) is 16.0. The Kier molecular flexibility index (Phi) is 5.55. The van der Waals surface area contributed by atoms with Crippen molar-refractivity contribution in [2.45, 2.75) is 6.42 Å². The molecule has 1 amide bonds. The lowest BCUT2D eigenvalue weighted by Gasteiger charge is -2.07. The summed E-state index contributed by atoms with van der Waals surface area (Å²) < 4.78 is 21.5. The molecule has 0 saturated heterocycles. The Labute approximate surface area is 120 Å². The molecule has 10 nitrogen and oxygen atoms in total. The van der Waals surface area contributed by atoms with Crippen LogP contribution >= 0.6 is 0 Å². The molecule has 21 heavy (non-hydrogen) atoms. The molecule has 0 atom stereocenters. The highest BCUT2D eigenvalue weighted by Crippen LogP contribution is 2.19. The van der Waals surface area contributed by atoms with Gasteiger partial charge in [0.25, 0.3) is 11.6 Å². The van der Waals surface area contributed by atoms with Crippen molar-refractivity contribution in [3.63, 3.8) is 0 Å². The van der Waals surface area contributed by atoms with Crippen LogP contribution in [0.15, 0.2) is 12.3 Å². The number of hydrogen-bond acceptors (Lipinski definition) is 7. The van der Waals surface area contributed by atoms with Gasteiger partial charge in [-0.3, -0.25) is 14.9 Å². The molecule has 0 aliphatic heterocycles. The first-order valence-corrected chi connectivity index (χ1v) is 7.57. The largest absolute Gasteiger partial charge is 0.373 e. The topological polar surface area (TPSA) is 157 Å². The zero-order valence-corrected chi connectivity index (χ0v) is 12.0. The van der Waals surface area contributed by atoms with Crippen LogP contribution < -0.4 is 15.8 Å². The molecule has 0 fully saturated rings. The number of nitrogens with two attached hydrogens (primary N) is 1. The highest BCUT2D eigenvalue weighted by atomic mass is 32.2. The van der Waals surface area contributed by atoms with Crippen molar-refractivity contribution in [1.82, 2.24) is 10.3 Å². The highest BCUT2D eigenvalue weighted by Gasteiger charge is 2.21. The Balaban J connectivity index is 2.79. The molecule has 0 unspecified atom stereocenters. The predicted molar refractivity (Wildman–Crippen MR) is 75.4 cm³/mol. The first-order chi connectivity index (χ1) is 9.74. The lowest BCUT2D eigenvalue weighted by molar-refractivity contribution is -0.385. The third-order valence-corrected chi connectivity index (χ3v) is 3.33. The molecule has 4 N–H and O–H groups in total. The van der Waals surface area contributed by atoms with Gasteiger partial charge in [0.15, 0.2) is 0 Å². The monoisotopic (exact) mass is 317 g/mol. The van der Waals surface area contributed by atoms with Crippen LogP contribution in [-0.2, 0) is 10.0 Å². The van der Waals surface area contributed by atoms with Crippen molar-refractivity contribution in [2.24, 2.45) is 5.14 Å². The maximum atomic E-state index is 11.9. The molecule has 0 radical (unpaired) electrons. The van der Waals surface area contributed by atoms with E-state index in [1.165, 1.54) is 6.07 Å². The number of carbonyl (C=O) groups excluding carboxylic acids is 1. The van der Waals surface area contributed by atoms with E-state index in [-0.39, 0.29) is 24.3 Å². The van der Waals surface area contributed by atoms with Crippen LogP contribution in [-0.4, -0.2) is 43.6 Å². The number of nitro groups is 1. The van der Waals surface area contributed by atoms with Gasteiger partial charge in [-0.05, 0) is 6.42 Å². The Hall–Kier alpha value is -2.27. The molecule has 0 aromatic carbocycles. The van der Waals surface area contributed by atoms with Gasteiger partial charge in [0.1, 0.15) is 17.6 Å². The molecule has 11 heteroatoms. The summed E-state index contributed by atoms with van der Waals surface area (Å²) in [5.41, 5.74) is -0.590. The standard InChI is InChI=1S/C10H15N5O5S/c1-12-9-5-7(8(6-14-9)15(17)18)10(16)13-3-2-4-21(11,19)20/h5-6H,2-4H2,1H3,(H,12,14)(H,13,16)(H2,11,19,20). The van der Waals surface area contributed by atoms with Gasteiger partial charge in [0.05, 0.1) is 10.7 Å². The minimum absolute atomic E-state index is 0.0314. The molecular weight excluding hydrogens is 302 g/mol. The van der Waals surface area contributed by atoms with Crippen molar-refractivity contribution >= 4 is 27.4 Å². The summed E-state index contributed by atoms with van der Waals surface area (Å²) in [6.45, 7) is 0.0314. The second kappa shape index (κ2) is 6.95. The number of anilines is 1. The van der Waals surface area contributed by atoms with Crippen LogP contribution in [0.5, 0.6) is 0 Å². The lowest BCUT2D eigenvalue weighted by Crippen LogP contribution is -2.28. The first kappa shape index (κ1) is 16.8. The summed E-state index contributed by atoms with van der Waals surface area (Å²) in [5, 5.41) is 20.7. The van der Waals surface area contributed by atoms with Gasteiger partial charge in [-0.25, -0.2) is 18.5 Å². The van der Waals surface area contributed by atoms with Crippen LogP contribution in [0, 0.1) is 10.1 Å². The molecule has 1 aromatic rings. The van der Waals surface area contributed by atoms with Gasteiger partial charge in [-0.1, -0.05) is 0 Å². The third-order valence-electron chi connectivity index (χ3n) is 2.47. The SMILES string of the molecule is CNc1cc(C(=O)NCCCS(N)(=O)=O)c([N+](=O)[O-])cn1. The van der Waals surface area contributed by atoms with Gasteiger partial charge in [0, 0.05) is 19.7 Å². The van der Waals surface area contributed by atoms with Crippen molar-refractivity contribution in [3.05, 3.63) is 27.9 Å². The summed E-state index contributed by atoms with van der Waals surface area (Å²) in [4.78, 5) is 25.8. The second-order valence-corrected chi connectivity index (χ2v) is 5.80. The number of nitrogens with one attached hydrogen (secondary N) is 2. The number of carbonyl (C=O) groups is 1. The quantitative estimate of drug-likeness (QED) is 0.345. The molecule has 0 spiro atoms. The van der Waals surface area contributed by atoms with E-state index in [0.29, 0.717) is 5.82 Å². The van der Waals surface area contributed by atoms with Gasteiger partial charge >= 0.3 is 0 Å². The van der Waals surface area contributed by atoms with Gasteiger partial charge in [-0.2, -0.15) is 0 Å². The van der Waals surface area contributed by atoms with Crippen molar-refractivity contribution in [1.29, 1.82) is 0 Å². The van der Waals surface area contributed by atoms with Crippen LogP contribution in [0.25, 0.3) is 0 Å². The normalized spacial score (nSPS) is 11.0. The third kappa shape index (κ3) is 5.31. The minimum atomic E-state index is -3.60. The van der Waals surface area contributed by atoms with Crippen LogP contribution in [0.2, 0.25) is 0 Å². The van der Waals surface area contributed by atoms with E-state index in [0.717, 1.165) is 6.20 Å². The molecule has 1 heterocycles. The maximum absolute atomic E-state index is 11.9. The summed E-state index contributed by atoms with van der Waals surface area (Å²) >= 11 is 0. The predicted octanol–water partition coefficient (Wildman–Crippen LogP) is -0.560. The Morgan fingerprint density at radius 3 is 2.71 bits per heavy atom. The Morgan fingerprint density at radius 2 is 2.19 bits per heavy atom. The number of rotatable bonds is 7. The summed E-state index contributed by atoms with van der Waals surface area (Å²) in [6.07, 6.45) is 1.09. The number of sulfonamides is 1. The molecule has 0 aliphatic carbocycles. The van der Waals surface area contributed by atoms with Gasteiger partial charge in [-0.15, -0.1) is 0 Å². The number of pyridine rings is 1. The fourth-order valence-corrected chi connectivity index (χ4v) is 2.03. The summed E-state index contributed by atoms with van der Waals surface area (Å²) in [5.74, 6) is -0.668. The number of hydrogen-bond donors (Lipinski definition) is 3. The number of nitrogens with zero attached hydrogens (tertiary/aromatic N) is 2. The van der Waals surface area contributed by atoms with Gasteiger partial charge < -0.3 is 10.6 Å². The molecule has 0 saturated carbocycles. The van der Waals surface area contributed by atoms with E-state index in [2.05, 4.69) is 15.6 Å². The fourth-order valence-electron chi connectivity index (χ4n) is 1.48. The molecule has 1 aromatic heterocycles. The first-order valence-electron chi connectivity index (χ1n) is 5.85. The maximum Gasteiger partial charge on any atom is 0.300 e. The summed E-state index contributed by atoms with van der Waals surface area (Å²) in [7, 11) is -2.04. The fraction of sp³-hybridized carbons (Fsp3) is 0.400. The Morgan fingerprint density at radius 1 is 1.52 bits per heavy atom.